The number of carbonyl (C=O) groups excluding carboxylic acids is 1. The van der Waals surface area contributed by atoms with Gasteiger partial charge in [0.05, 0.1) is 22.3 Å². The quantitative estimate of drug-likeness (QED) is 0.818. The van der Waals surface area contributed by atoms with Crippen molar-refractivity contribution in [1.82, 2.24) is 4.98 Å². The highest BCUT2D eigenvalue weighted by atomic mass is 79.9. The largest absolute Gasteiger partial charge is 0.327 e. The van der Waals surface area contributed by atoms with Gasteiger partial charge in [-0.25, -0.2) is 4.98 Å². The minimum atomic E-state index is -0.104. The van der Waals surface area contributed by atoms with Crippen LogP contribution in [0.1, 0.15) is 25.7 Å². The van der Waals surface area contributed by atoms with E-state index in [0.717, 1.165) is 25.7 Å². The average Bonchev–Trinajstić information content (AvgIpc) is 2.34. The van der Waals surface area contributed by atoms with Crippen molar-refractivity contribution in [3.8, 4) is 0 Å². The number of aromatic nitrogens is 1. The second-order valence-electron chi connectivity index (χ2n) is 4.54. The second-order valence-corrected chi connectivity index (χ2v) is 5.75. The monoisotopic (exact) mass is 331 g/mol. The summed E-state index contributed by atoms with van der Waals surface area (Å²) >= 11 is 9.07. The van der Waals surface area contributed by atoms with E-state index in [-0.39, 0.29) is 17.9 Å². The van der Waals surface area contributed by atoms with Gasteiger partial charge >= 0.3 is 0 Å². The Hall–Kier alpha value is -0.650. The summed E-state index contributed by atoms with van der Waals surface area (Å²) in [6, 6.07) is 1.70. The van der Waals surface area contributed by atoms with Crippen molar-refractivity contribution < 1.29 is 4.79 Å². The lowest BCUT2D eigenvalue weighted by atomic mass is 9.84. The molecule has 1 aromatic rings. The molecule has 6 heteroatoms. The van der Waals surface area contributed by atoms with Crippen LogP contribution < -0.4 is 11.1 Å². The second kappa shape index (κ2) is 5.99. The molecule has 1 amide bonds. The topological polar surface area (TPSA) is 68.0 Å². The zero-order valence-electron chi connectivity index (χ0n) is 9.83. The van der Waals surface area contributed by atoms with Crippen LogP contribution in [0.5, 0.6) is 0 Å². The number of rotatable bonds is 2. The maximum absolute atomic E-state index is 12.1. The third kappa shape index (κ3) is 3.22. The molecule has 98 valence electrons. The summed E-state index contributed by atoms with van der Waals surface area (Å²) in [5.41, 5.74) is 6.61. The van der Waals surface area contributed by atoms with Gasteiger partial charge in [-0.05, 0) is 34.8 Å². The van der Waals surface area contributed by atoms with E-state index in [4.69, 9.17) is 17.3 Å². The number of pyridine rings is 1. The van der Waals surface area contributed by atoms with Crippen LogP contribution >= 0.6 is 27.5 Å². The lowest BCUT2D eigenvalue weighted by molar-refractivity contribution is -0.121. The summed E-state index contributed by atoms with van der Waals surface area (Å²) in [4.78, 5) is 16.1. The number of hydrogen-bond acceptors (Lipinski definition) is 3. The lowest BCUT2D eigenvalue weighted by Gasteiger charge is -2.27. The molecule has 1 fully saturated rings. The van der Waals surface area contributed by atoms with Crippen molar-refractivity contribution in [2.75, 3.05) is 5.32 Å². The fourth-order valence-electron chi connectivity index (χ4n) is 2.21. The Morgan fingerprint density at radius 2 is 2.22 bits per heavy atom. The summed E-state index contributed by atoms with van der Waals surface area (Å²) in [7, 11) is 0. The van der Waals surface area contributed by atoms with Crippen LogP contribution in [0.2, 0.25) is 5.15 Å². The zero-order valence-corrected chi connectivity index (χ0v) is 12.2. The molecule has 18 heavy (non-hydrogen) atoms. The van der Waals surface area contributed by atoms with Crippen LogP contribution in [0.25, 0.3) is 0 Å². The van der Waals surface area contributed by atoms with E-state index in [1.807, 2.05) is 0 Å². The molecule has 2 rings (SSSR count). The van der Waals surface area contributed by atoms with E-state index >= 15 is 0 Å². The van der Waals surface area contributed by atoms with Gasteiger partial charge in [-0.3, -0.25) is 4.79 Å². The Balaban J connectivity index is 2.04. The molecule has 0 spiro atoms. The predicted octanol–water partition coefficient (Wildman–Crippen LogP) is 2.95. The van der Waals surface area contributed by atoms with Crippen LogP contribution in [-0.4, -0.2) is 16.9 Å². The van der Waals surface area contributed by atoms with Crippen molar-refractivity contribution in [2.45, 2.75) is 31.7 Å². The Morgan fingerprint density at radius 1 is 1.50 bits per heavy atom. The van der Waals surface area contributed by atoms with E-state index in [2.05, 4.69) is 26.2 Å². The highest BCUT2D eigenvalue weighted by Crippen LogP contribution is 2.26. The first-order valence-electron chi connectivity index (χ1n) is 5.95. The first-order valence-corrected chi connectivity index (χ1v) is 7.12. The highest BCUT2D eigenvalue weighted by molar-refractivity contribution is 9.10. The molecule has 2 atom stereocenters. The Bertz CT molecular complexity index is 455. The summed E-state index contributed by atoms with van der Waals surface area (Å²) in [6.07, 6.45) is 5.49. The molecule has 1 aromatic heterocycles. The Kier molecular flexibility index (Phi) is 4.59. The molecular formula is C12H15BrClN3O. The first kappa shape index (κ1) is 13.8. The van der Waals surface area contributed by atoms with Gasteiger partial charge in [0, 0.05) is 6.04 Å². The van der Waals surface area contributed by atoms with Gasteiger partial charge in [0.25, 0.3) is 0 Å². The molecule has 3 N–H and O–H groups in total. The standard InChI is InChI=1S/C12H15BrClN3O/c13-9-5-7(6-16-11(9)14)17-12(18)8-3-1-2-4-10(8)15/h5-6,8,10H,1-4,15H2,(H,17,18). The van der Waals surface area contributed by atoms with Crippen LogP contribution in [0.3, 0.4) is 0 Å². The molecule has 1 saturated carbocycles. The molecule has 1 aliphatic carbocycles. The average molecular weight is 333 g/mol. The molecule has 1 aliphatic rings. The molecule has 4 nitrogen and oxygen atoms in total. The summed E-state index contributed by atoms with van der Waals surface area (Å²) in [6.45, 7) is 0. The van der Waals surface area contributed by atoms with E-state index < -0.39 is 0 Å². The van der Waals surface area contributed by atoms with Crippen LogP contribution in [0, 0.1) is 5.92 Å². The van der Waals surface area contributed by atoms with Gasteiger partial charge in [0.2, 0.25) is 5.91 Å². The molecule has 0 radical (unpaired) electrons. The Morgan fingerprint density at radius 3 is 2.89 bits per heavy atom. The number of halogens is 2. The molecule has 0 bridgehead atoms. The van der Waals surface area contributed by atoms with Gasteiger partial charge in [-0.2, -0.15) is 0 Å². The molecule has 2 unspecified atom stereocenters. The maximum Gasteiger partial charge on any atom is 0.229 e. The minimum absolute atomic E-state index is 0.0294. The molecule has 0 aromatic carbocycles. The van der Waals surface area contributed by atoms with Gasteiger partial charge in [0.15, 0.2) is 0 Å². The van der Waals surface area contributed by atoms with Crippen LogP contribution in [0.4, 0.5) is 5.69 Å². The Labute approximate surface area is 119 Å². The van der Waals surface area contributed by atoms with Gasteiger partial charge in [-0.1, -0.05) is 24.4 Å². The molecular weight excluding hydrogens is 318 g/mol. The van der Waals surface area contributed by atoms with Crippen LogP contribution in [-0.2, 0) is 4.79 Å². The van der Waals surface area contributed by atoms with E-state index in [1.165, 1.54) is 0 Å². The smallest absolute Gasteiger partial charge is 0.229 e. The van der Waals surface area contributed by atoms with Crippen molar-refractivity contribution in [3.63, 3.8) is 0 Å². The summed E-state index contributed by atoms with van der Waals surface area (Å²) in [5.74, 6) is -0.133. The number of nitrogens with zero attached hydrogens (tertiary/aromatic N) is 1. The number of anilines is 1. The summed E-state index contributed by atoms with van der Waals surface area (Å²) < 4.78 is 0.662. The number of nitrogens with two attached hydrogens (primary N) is 1. The van der Waals surface area contributed by atoms with E-state index in [9.17, 15) is 4.79 Å². The van der Waals surface area contributed by atoms with Crippen molar-refractivity contribution in [3.05, 3.63) is 21.9 Å². The minimum Gasteiger partial charge on any atom is -0.327 e. The first-order chi connectivity index (χ1) is 8.58. The van der Waals surface area contributed by atoms with E-state index in [1.54, 1.807) is 12.3 Å². The predicted molar refractivity (Wildman–Crippen MR) is 75.5 cm³/mol. The third-order valence-electron chi connectivity index (χ3n) is 3.22. The van der Waals surface area contributed by atoms with Gasteiger partial charge in [0.1, 0.15) is 5.15 Å². The van der Waals surface area contributed by atoms with Crippen molar-refractivity contribution in [2.24, 2.45) is 11.7 Å². The number of hydrogen-bond donors (Lipinski definition) is 2. The number of nitrogens with one attached hydrogen (secondary N) is 1. The fraction of sp³-hybridized carbons (Fsp3) is 0.500. The van der Waals surface area contributed by atoms with Crippen molar-refractivity contribution >= 4 is 39.1 Å². The van der Waals surface area contributed by atoms with E-state index in [0.29, 0.717) is 15.3 Å². The normalized spacial score (nSPS) is 23.7. The number of amides is 1. The lowest BCUT2D eigenvalue weighted by Crippen LogP contribution is -2.40. The maximum atomic E-state index is 12.1. The summed E-state index contributed by atoms with van der Waals surface area (Å²) in [5, 5.41) is 3.22. The molecule has 0 saturated heterocycles. The van der Waals surface area contributed by atoms with Crippen molar-refractivity contribution in [1.29, 1.82) is 0 Å². The number of carbonyl (C=O) groups is 1. The molecule has 0 aliphatic heterocycles. The van der Waals surface area contributed by atoms with Crippen LogP contribution in [0.15, 0.2) is 16.7 Å². The van der Waals surface area contributed by atoms with Gasteiger partial charge < -0.3 is 11.1 Å². The third-order valence-corrected chi connectivity index (χ3v) is 4.35. The SMILES string of the molecule is NC1CCCCC1C(=O)Nc1cnc(Cl)c(Br)c1. The highest BCUT2D eigenvalue weighted by Gasteiger charge is 2.28. The fourth-order valence-corrected chi connectivity index (χ4v) is 2.66. The zero-order chi connectivity index (χ0) is 13.1. The molecule has 1 heterocycles. The van der Waals surface area contributed by atoms with Gasteiger partial charge in [-0.15, -0.1) is 0 Å².